The van der Waals surface area contributed by atoms with Gasteiger partial charge >= 0.3 is 0 Å². The van der Waals surface area contributed by atoms with Crippen LogP contribution in [0.15, 0.2) is 24.3 Å². The molecule has 1 unspecified atom stereocenters. The Kier molecular flexibility index (Phi) is 5.64. The molecule has 1 amide bonds. The standard InChI is InChI=1S/C17H19ClN4O2.ClH/c18-13-4-2-1-3-11(13)15-10-22(7-8-24-15)17(23)16-12-9-19-6-5-14(12)20-21-16;/h1-4,15,19H,5-10H2,(H,20,21);1H. The Labute approximate surface area is 157 Å². The van der Waals surface area contributed by atoms with Crippen molar-refractivity contribution in [2.75, 3.05) is 26.2 Å². The molecule has 1 aromatic carbocycles. The molecule has 134 valence electrons. The fourth-order valence-corrected chi connectivity index (χ4v) is 3.57. The van der Waals surface area contributed by atoms with Gasteiger partial charge in [-0.05, 0) is 6.07 Å². The van der Waals surface area contributed by atoms with E-state index in [0.717, 1.165) is 29.8 Å². The first-order chi connectivity index (χ1) is 11.7. The molecule has 2 N–H and O–H groups in total. The Balaban J connectivity index is 0.00000182. The fourth-order valence-electron chi connectivity index (χ4n) is 3.31. The molecule has 0 aliphatic carbocycles. The number of rotatable bonds is 2. The predicted octanol–water partition coefficient (Wildman–Crippen LogP) is 2.34. The van der Waals surface area contributed by atoms with Crippen molar-refractivity contribution >= 4 is 29.9 Å². The number of aromatic nitrogens is 2. The van der Waals surface area contributed by atoms with Crippen molar-refractivity contribution in [3.8, 4) is 0 Å². The van der Waals surface area contributed by atoms with Gasteiger partial charge in [-0.1, -0.05) is 29.8 Å². The van der Waals surface area contributed by atoms with Crippen LogP contribution in [0.1, 0.15) is 33.4 Å². The molecule has 0 bridgehead atoms. The van der Waals surface area contributed by atoms with Gasteiger partial charge in [0.05, 0.1) is 13.2 Å². The van der Waals surface area contributed by atoms with Crippen LogP contribution in [0.4, 0.5) is 0 Å². The van der Waals surface area contributed by atoms with E-state index in [4.69, 9.17) is 16.3 Å². The maximum atomic E-state index is 12.9. The van der Waals surface area contributed by atoms with Crippen LogP contribution in [0.2, 0.25) is 5.02 Å². The summed E-state index contributed by atoms with van der Waals surface area (Å²) in [5.74, 6) is -0.0449. The third-order valence-corrected chi connectivity index (χ3v) is 4.96. The number of halogens is 2. The summed E-state index contributed by atoms with van der Waals surface area (Å²) >= 11 is 6.27. The first-order valence-corrected chi connectivity index (χ1v) is 8.54. The Hall–Kier alpha value is -1.60. The zero-order valence-corrected chi connectivity index (χ0v) is 15.2. The highest BCUT2D eigenvalue weighted by Crippen LogP contribution is 2.29. The molecule has 1 atom stereocenters. The first kappa shape index (κ1) is 18.2. The molecule has 1 fully saturated rings. The predicted molar refractivity (Wildman–Crippen MR) is 97.3 cm³/mol. The fraction of sp³-hybridized carbons (Fsp3) is 0.412. The minimum atomic E-state index is -0.204. The smallest absolute Gasteiger partial charge is 0.274 e. The lowest BCUT2D eigenvalue weighted by atomic mass is 10.0. The second-order valence-corrected chi connectivity index (χ2v) is 6.50. The molecule has 2 aliphatic heterocycles. The number of nitrogens with one attached hydrogen (secondary N) is 2. The molecular weight excluding hydrogens is 363 g/mol. The van der Waals surface area contributed by atoms with Gasteiger partial charge < -0.3 is 15.0 Å². The number of carbonyl (C=O) groups is 1. The van der Waals surface area contributed by atoms with Crippen molar-refractivity contribution in [1.29, 1.82) is 0 Å². The topological polar surface area (TPSA) is 70.2 Å². The lowest BCUT2D eigenvalue weighted by molar-refractivity contribution is -0.0230. The lowest BCUT2D eigenvalue weighted by Crippen LogP contribution is -2.43. The molecule has 6 nitrogen and oxygen atoms in total. The van der Waals surface area contributed by atoms with E-state index >= 15 is 0 Å². The van der Waals surface area contributed by atoms with Gasteiger partial charge in [0, 0.05) is 47.9 Å². The highest BCUT2D eigenvalue weighted by Gasteiger charge is 2.30. The summed E-state index contributed by atoms with van der Waals surface area (Å²) in [6.07, 6.45) is 0.672. The number of benzene rings is 1. The van der Waals surface area contributed by atoms with Gasteiger partial charge in [0.1, 0.15) is 6.10 Å². The van der Waals surface area contributed by atoms with E-state index in [1.54, 1.807) is 0 Å². The van der Waals surface area contributed by atoms with E-state index < -0.39 is 0 Å². The Morgan fingerprint density at radius 2 is 2.20 bits per heavy atom. The zero-order chi connectivity index (χ0) is 16.5. The van der Waals surface area contributed by atoms with Gasteiger partial charge in [0.2, 0.25) is 0 Å². The molecule has 0 spiro atoms. The molecule has 3 heterocycles. The average molecular weight is 383 g/mol. The summed E-state index contributed by atoms with van der Waals surface area (Å²) in [7, 11) is 0. The van der Waals surface area contributed by atoms with E-state index in [9.17, 15) is 4.79 Å². The number of hydrogen-bond acceptors (Lipinski definition) is 4. The minimum absolute atomic E-state index is 0. The molecular formula is C17H20Cl2N4O2. The summed E-state index contributed by atoms with van der Waals surface area (Å²) in [4.78, 5) is 14.7. The molecule has 8 heteroatoms. The number of aromatic amines is 1. The Bertz CT molecular complexity index is 765. The van der Waals surface area contributed by atoms with Crippen LogP contribution in [0.25, 0.3) is 0 Å². The highest BCUT2D eigenvalue weighted by molar-refractivity contribution is 6.31. The maximum absolute atomic E-state index is 12.9. The number of hydrogen-bond donors (Lipinski definition) is 2. The van der Waals surface area contributed by atoms with E-state index in [1.807, 2.05) is 29.2 Å². The molecule has 4 rings (SSSR count). The molecule has 0 radical (unpaired) electrons. The third kappa shape index (κ3) is 3.53. The summed E-state index contributed by atoms with van der Waals surface area (Å²) in [6.45, 7) is 3.14. The number of carbonyl (C=O) groups excluding carboxylic acids is 1. The summed E-state index contributed by atoms with van der Waals surface area (Å²) in [5, 5.41) is 11.2. The van der Waals surface area contributed by atoms with E-state index in [0.29, 0.717) is 37.0 Å². The van der Waals surface area contributed by atoms with Crippen molar-refractivity contribution in [2.24, 2.45) is 0 Å². The lowest BCUT2D eigenvalue weighted by Gasteiger charge is -2.33. The summed E-state index contributed by atoms with van der Waals surface area (Å²) in [5.41, 5.74) is 3.50. The van der Waals surface area contributed by atoms with Crippen molar-refractivity contribution < 1.29 is 9.53 Å². The van der Waals surface area contributed by atoms with Crippen molar-refractivity contribution in [2.45, 2.75) is 19.1 Å². The van der Waals surface area contributed by atoms with E-state index in [-0.39, 0.29) is 24.4 Å². The Morgan fingerprint density at radius 1 is 1.36 bits per heavy atom. The quantitative estimate of drug-likeness (QED) is 0.835. The van der Waals surface area contributed by atoms with Crippen LogP contribution in [0, 0.1) is 0 Å². The van der Waals surface area contributed by atoms with Crippen molar-refractivity contribution in [3.63, 3.8) is 0 Å². The van der Waals surface area contributed by atoms with Gasteiger partial charge in [-0.25, -0.2) is 0 Å². The number of amides is 1. The second-order valence-electron chi connectivity index (χ2n) is 6.09. The molecule has 1 aromatic heterocycles. The SMILES string of the molecule is Cl.O=C(c1n[nH]c2c1CNCC2)N1CCOC(c2ccccc2Cl)C1. The number of morpholine rings is 1. The van der Waals surface area contributed by atoms with Gasteiger partial charge in [-0.15, -0.1) is 12.4 Å². The van der Waals surface area contributed by atoms with E-state index in [2.05, 4.69) is 15.5 Å². The van der Waals surface area contributed by atoms with Gasteiger partial charge in [0.15, 0.2) is 5.69 Å². The van der Waals surface area contributed by atoms with Crippen LogP contribution in [-0.4, -0.2) is 47.2 Å². The second kappa shape index (κ2) is 7.74. The number of nitrogens with zero attached hydrogens (tertiary/aromatic N) is 2. The van der Waals surface area contributed by atoms with Crippen molar-refractivity contribution in [3.05, 3.63) is 51.8 Å². The highest BCUT2D eigenvalue weighted by atomic mass is 35.5. The number of ether oxygens (including phenoxy) is 1. The zero-order valence-electron chi connectivity index (χ0n) is 13.6. The number of fused-ring (bicyclic) bond motifs is 1. The third-order valence-electron chi connectivity index (χ3n) is 4.61. The van der Waals surface area contributed by atoms with Crippen molar-refractivity contribution in [1.82, 2.24) is 20.4 Å². The summed E-state index contributed by atoms with van der Waals surface area (Å²) in [6, 6.07) is 7.61. The van der Waals surface area contributed by atoms with Gasteiger partial charge in [0.25, 0.3) is 5.91 Å². The van der Waals surface area contributed by atoms with E-state index in [1.165, 1.54) is 0 Å². The van der Waals surface area contributed by atoms with Crippen LogP contribution < -0.4 is 5.32 Å². The largest absolute Gasteiger partial charge is 0.370 e. The van der Waals surface area contributed by atoms with Gasteiger partial charge in [-0.3, -0.25) is 9.89 Å². The molecule has 0 saturated carbocycles. The molecule has 25 heavy (non-hydrogen) atoms. The molecule has 1 saturated heterocycles. The number of H-pyrrole nitrogens is 1. The first-order valence-electron chi connectivity index (χ1n) is 8.16. The monoisotopic (exact) mass is 382 g/mol. The minimum Gasteiger partial charge on any atom is -0.370 e. The normalized spacial score (nSPS) is 19.9. The Morgan fingerprint density at radius 3 is 3.04 bits per heavy atom. The van der Waals surface area contributed by atoms with Crippen LogP contribution in [0.5, 0.6) is 0 Å². The van der Waals surface area contributed by atoms with Crippen LogP contribution in [-0.2, 0) is 17.7 Å². The van der Waals surface area contributed by atoms with Gasteiger partial charge in [-0.2, -0.15) is 5.10 Å². The average Bonchev–Trinajstić information content (AvgIpc) is 3.06. The summed E-state index contributed by atoms with van der Waals surface area (Å²) < 4.78 is 5.84. The van der Waals surface area contributed by atoms with Crippen LogP contribution >= 0.6 is 24.0 Å². The molecule has 2 aliphatic rings. The maximum Gasteiger partial charge on any atom is 0.274 e. The molecule has 2 aromatic rings. The van der Waals surface area contributed by atoms with Crippen LogP contribution in [0.3, 0.4) is 0 Å².